The molecule has 0 spiro atoms. The van der Waals surface area contributed by atoms with Gasteiger partial charge in [0.2, 0.25) is 0 Å². The molecule has 0 amide bonds. The summed E-state index contributed by atoms with van der Waals surface area (Å²) in [5.41, 5.74) is 3.47. The van der Waals surface area contributed by atoms with Gasteiger partial charge >= 0.3 is 0 Å². The highest BCUT2D eigenvalue weighted by Gasteiger charge is 2.38. The zero-order chi connectivity index (χ0) is 20.7. The highest BCUT2D eigenvalue weighted by atomic mass is 127. The smallest absolute Gasteiger partial charge is 0.147 e. The van der Waals surface area contributed by atoms with Gasteiger partial charge in [-0.15, -0.1) is 0 Å². The monoisotopic (exact) mass is 510 g/mol. The van der Waals surface area contributed by atoms with Crippen LogP contribution in [0, 0.1) is 15.2 Å². The molecule has 1 aliphatic heterocycles. The Labute approximate surface area is 182 Å². The fraction of sp³-hybridized carbons (Fsp3) is 0.273. The van der Waals surface area contributed by atoms with Crippen molar-refractivity contribution < 1.29 is 18.6 Å². The number of nitrogens with one attached hydrogen (secondary N) is 1. The van der Waals surface area contributed by atoms with Gasteiger partial charge in [0.05, 0.1) is 29.4 Å². The number of fused-ring (bicyclic) bond motifs is 1. The van der Waals surface area contributed by atoms with E-state index in [4.69, 9.17) is 4.74 Å². The molecule has 2 aromatic rings. The van der Waals surface area contributed by atoms with Gasteiger partial charge < -0.3 is 20.1 Å². The van der Waals surface area contributed by atoms with E-state index in [-0.39, 0.29) is 24.9 Å². The van der Waals surface area contributed by atoms with E-state index in [1.807, 2.05) is 29.5 Å². The van der Waals surface area contributed by atoms with E-state index >= 15 is 0 Å². The average Bonchev–Trinajstić information content (AvgIpc) is 3.48. The molecule has 7 heteroatoms. The first-order valence-corrected chi connectivity index (χ1v) is 10.5. The Morgan fingerprint density at radius 3 is 2.66 bits per heavy atom. The van der Waals surface area contributed by atoms with Crippen LogP contribution in [-0.4, -0.2) is 24.4 Å². The molecule has 0 bridgehead atoms. The van der Waals surface area contributed by atoms with Gasteiger partial charge in [0.25, 0.3) is 0 Å². The second kappa shape index (κ2) is 7.95. The number of rotatable bonds is 6. The Kier molecular flexibility index (Phi) is 5.52. The number of hydrogen-bond acceptors (Lipinski definition) is 4. The van der Waals surface area contributed by atoms with Gasteiger partial charge in [-0.1, -0.05) is 6.58 Å². The highest BCUT2D eigenvalue weighted by molar-refractivity contribution is 14.1. The zero-order valence-electron chi connectivity index (χ0n) is 15.9. The van der Waals surface area contributed by atoms with Crippen molar-refractivity contribution in [2.75, 3.05) is 23.4 Å². The van der Waals surface area contributed by atoms with Crippen LogP contribution in [0.3, 0.4) is 0 Å². The first kappa shape index (κ1) is 20.2. The molecule has 0 saturated heterocycles. The number of ether oxygens (including phenoxy) is 1. The van der Waals surface area contributed by atoms with Gasteiger partial charge in [0.1, 0.15) is 24.0 Å². The number of anilines is 3. The molecule has 1 heterocycles. The Balaban J connectivity index is 1.83. The fourth-order valence-corrected chi connectivity index (χ4v) is 4.15. The molecule has 1 saturated carbocycles. The third kappa shape index (κ3) is 3.85. The maximum absolute atomic E-state index is 14.6. The number of hydrogen-bond donors (Lipinski definition) is 2. The van der Waals surface area contributed by atoms with Crippen LogP contribution in [0.1, 0.15) is 25.3 Å². The molecule has 0 radical (unpaired) electrons. The lowest BCUT2D eigenvalue weighted by Gasteiger charge is -2.36. The number of nitrogens with zero attached hydrogens (tertiary/aromatic N) is 1. The van der Waals surface area contributed by atoms with Gasteiger partial charge in [-0.05, 0) is 72.7 Å². The van der Waals surface area contributed by atoms with Crippen LogP contribution in [0.25, 0.3) is 5.57 Å². The summed E-state index contributed by atoms with van der Waals surface area (Å²) >= 11 is 2.04. The normalized spacial score (nSPS) is 16.2. The van der Waals surface area contributed by atoms with Crippen molar-refractivity contribution in [1.29, 1.82) is 0 Å². The minimum atomic E-state index is -0.418. The topological polar surface area (TPSA) is 44.7 Å². The van der Waals surface area contributed by atoms with Crippen molar-refractivity contribution in [3.8, 4) is 0 Å². The summed E-state index contributed by atoms with van der Waals surface area (Å²) in [5.74, 6) is -0.266. The Bertz CT molecular complexity index is 1020. The van der Waals surface area contributed by atoms with Crippen LogP contribution in [0.5, 0.6) is 0 Å². The average molecular weight is 510 g/mol. The van der Waals surface area contributed by atoms with E-state index in [9.17, 15) is 13.9 Å². The SMILES string of the molecule is C=C1C(OCCO)=C(C)N(C2CC2)c2cc(F)cc(Nc3ccc(I)cc3F)c21. The van der Waals surface area contributed by atoms with Crippen molar-refractivity contribution in [3.05, 3.63) is 69.1 Å². The van der Waals surface area contributed by atoms with E-state index in [0.717, 1.165) is 22.1 Å². The maximum Gasteiger partial charge on any atom is 0.147 e. The van der Waals surface area contributed by atoms with Crippen molar-refractivity contribution in [2.24, 2.45) is 0 Å². The molecule has 152 valence electrons. The summed E-state index contributed by atoms with van der Waals surface area (Å²) < 4.78 is 35.6. The van der Waals surface area contributed by atoms with Gasteiger partial charge in [0.15, 0.2) is 0 Å². The minimum Gasteiger partial charge on any atom is -0.489 e. The van der Waals surface area contributed by atoms with Crippen LogP contribution in [-0.2, 0) is 4.74 Å². The predicted molar refractivity (Wildman–Crippen MR) is 119 cm³/mol. The standard InChI is InChI=1S/C22H21F2IN2O2/c1-12-21-19(26-18-6-3-15(25)11-17(18)24)9-14(23)10-20(21)27(16-4-5-16)13(2)22(12)29-8-7-28/h3,6,9-11,16,26,28H,1,4-5,7-8H2,2H3. The van der Waals surface area contributed by atoms with E-state index in [1.54, 1.807) is 12.1 Å². The number of halogens is 3. The van der Waals surface area contributed by atoms with Crippen LogP contribution in [0.4, 0.5) is 25.8 Å². The third-order valence-electron chi connectivity index (χ3n) is 5.06. The first-order chi connectivity index (χ1) is 13.9. The quantitative estimate of drug-likeness (QED) is 0.501. The Hall–Kier alpha value is -2.13. The molecule has 2 N–H and O–H groups in total. The van der Waals surface area contributed by atoms with Crippen LogP contribution >= 0.6 is 22.6 Å². The summed E-state index contributed by atoms with van der Waals surface area (Å²) in [7, 11) is 0. The third-order valence-corrected chi connectivity index (χ3v) is 5.73. The number of allylic oxidation sites excluding steroid dienone is 2. The van der Waals surface area contributed by atoms with E-state index in [1.165, 1.54) is 18.2 Å². The number of aliphatic hydroxyl groups excluding tert-OH is 1. The Morgan fingerprint density at radius 2 is 2.00 bits per heavy atom. The lowest BCUT2D eigenvalue weighted by atomic mass is 9.94. The second-order valence-electron chi connectivity index (χ2n) is 7.16. The summed E-state index contributed by atoms with van der Waals surface area (Å²) in [6, 6.07) is 7.92. The van der Waals surface area contributed by atoms with Crippen LogP contribution in [0.2, 0.25) is 0 Å². The van der Waals surface area contributed by atoms with Crippen molar-refractivity contribution in [3.63, 3.8) is 0 Å². The van der Waals surface area contributed by atoms with E-state index < -0.39 is 11.6 Å². The van der Waals surface area contributed by atoms with Crippen molar-refractivity contribution >= 4 is 45.2 Å². The molecule has 2 aromatic carbocycles. The lowest BCUT2D eigenvalue weighted by Crippen LogP contribution is -2.30. The summed E-state index contributed by atoms with van der Waals surface area (Å²) in [5, 5.41) is 12.2. The molecule has 2 aliphatic rings. The first-order valence-electron chi connectivity index (χ1n) is 9.39. The lowest BCUT2D eigenvalue weighted by molar-refractivity contribution is 0.151. The molecule has 1 fully saturated rings. The maximum atomic E-state index is 14.6. The van der Waals surface area contributed by atoms with Crippen molar-refractivity contribution in [1.82, 2.24) is 0 Å². The molecule has 4 rings (SSSR count). The number of benzene rings is 2. The van der Waals surface area contributed by atoms with Crippen LogP contribution in [0.15, 0.2) is 48.4 Å². The zero-order valence-corrected chi connectivity index (χ0v) is 18.1. The molecular formula is C22H21F2IN2O2. The van der Waals surface area contributed by atoms with Gasteiger partial charge in [-0.25, -0.2) is 8.78 Å². The van der Waals surface area contributed by atoms with Gasteiger partial charge in [0, 0.05) is 20.7 Å². The minimum absolute atomic E-state index is 0.122. The Morgan fingerprint density at radius 1 is 1.24 bits per heavy atom. The van der Waals surface area contributed by atoms with Gasteiger partial charge in [-0.2, -0.15) is 0 Å². The van der Waals surface area contributed by atoms with Crippen molar-refractivity contribution in [2.45, 2.75) is 25.8 Å². The fourth-order valence-electron chi connectivity index (χ4n) is 3.70. The summed E-state index contributed by atoms with van der Waals surface area (Å²) in [6.45, 7) is 6.10. The van der Waals surface area contributed by atoms with Gasteiger partial charge in [-0.3, -0.25) is 0 Å². The van der Waals surface area contributed by atoms with Crippen LogP contribution < -0.4 is 10.2 Å². The molecule has 0 unspecified atom stereocenters. The van der Waals surface area contributed by atoms with E-state index in [2.05, 4.69) is 16.8 Å². The summed E-state index contributed by atoms with van der Waals surface area (Å²) in [4.78, 5) is 2.06. The molecule has 1 aliphatic carbocycles. The molecule has 0 aromatic heterocycles. The summed E-state index contributed by atoms with van der Waals surface area (Å²) in [6.07, 6.45) is 2.00. The second-order valence-corrected chi connectivity index (χ2v) is 8.41. The number of aliphatic hydroxyl groups is 1. The largest absolute Gasteiger partial charge is 0.489 e. The highest BCUT2D eigenvalue weighted by Crippen LogP contribution is 2.49. The molecule has 29 heavy (non-hydrogen) atoms. The molecular weight excluding hydrogens is 489 g/mol. The van der Waals surface area contributed by atoms with E-state index in [0.29, 0.717) is 28.3 Å². The molecule has 4 nitrogen and oxygen atoms in total. The predicted octanol–water partition coefficient (Wildman–Crippen LogP) is 5.55. The molecule has 0 atom stereocenters.